The lowest BCUT2D eigenvalue weighted by atomic mass is 10.1. The molecule has 4 heteroatoms. The predicted molar refractivity (Wildman–Crippen MR) is 112 cm³/mol. The van der Waals surface area contributed by atoms with Crippen LogP contribution in [0.15, 0.2) is 71.6 Å². The number of carbonyl (C=O) groups excluding carboxylic acids is 1. The van der Waals surface area contributed by atoms with E-state index in [1.54, 1.807) is 23.9 Å². The molecule has 3 nitrogen and oxygen atoms in total. The molecule has 27 heavy (non-hydrogen) atoms. The van der Waals surface area contributed by atoms with Crippen LogP contribution >= 0.6 is 11.8 Å². The smallest absolute Gasteiger partial charge is 0.233 e. The third-order valence-electron chi connectivity index (χ3n) is 4.73. The second-order valence-corrected chi connectivity index (χ2v) is 7.44. The summed E-state index contributed by atoms with van der Waals surface area (Å²) in [6.07, 6.45) is 0. The molecule has 0 aromatic heterocycles. The molecular formula is C23H22N2OS. The van der Waals surface area contributed by atoms with Crippen molar-refractivity contribution >= 4 is 28.4 Å². The van der Waals surface area contributed by atoms with Gasteiger partial charge in [0.15, 0.2) is 0 Å². The second kappa shape index (κ2) is 8.75. The Morgan fingerprint density at radius 1 is 1.07 bits per heavy atom. The number of amides is 1. The molecule has 0 heterocycles. The highest BCUT2D eigenvalue weighted by Gasteiger charge is 2.20. The van der Waals surface area contributed by atoms with Crippen LogP contribution in [0.3, 0.4) is 0 Å². The summed E-state index contributed by atoms with van der Waals surface area (Å²) in [4.78, 5) is 15.8. The van der Waals surface area contributed by atoms with E-state index in [-0.39, 0.29) is 11.9 Å². The Labute approximate surface area is 164 Å². The summed E-state index contributed by atoms with van der Waals surface area (Å²) in [6, 6.07) is 24.1. The van der Waals surface area contributed by atoms with Crippen LogP contribution in [0.1, 0.15) is 31.0 Å². The molecule has 1 amide bonds. The average Bonchev–Trinajstić information content (AvgIpc) is 2.72. The lowest BCUT2D eigenvalue weighted by molar-refractivity contribution is -0.130. The summed E-state index contributed by atoms with van der Waals surface area (Å²) in [7, 11) is 0. The van der Waals surface area contributed by atoms with E-state index in [4.69, 9.17) is 5.26 Å². The lowest BCUT2D eigenvalue weighted by Crippen LogP contribution is -2.34. The van der Waals surface area contributed by atoms with Crippen LogP contribution in [0.4, 0.5) is 0 Å². The van der Waals surface area contributed by atoms with Gasteiger partial charge in [-0.3, -0.25) is 4.79 Å². The minimum atomic E-state index is -0.0209. The zero-order chi connectivity index (χ0) is 19.2. The van der Waals surface area contributed by atoms with Gasteiger partial charge in [-0.1, -0.05) is 42.5 Å². The van der Waals surface area contributed by atoms with E-state index in [1.165, 1.54) is 10.8 Å². The zero-order valence-corrected chi connectivity index (χ0v) is 16.4. The number of nitriles is 1. The molecule has 3 aromatic carbocycles. The first-order valence-electron chi connectivity index (χ1n) is 9.03. The van der Waals surface area contributed by atoms with E-state index in [0.717, 1.165) is 10.5 Å². The summed E-state index contributed by atoms with van der Waals surface area (Å²) in [5.41, 5.74) is 1.67. The molecule has 0 aliphatic rings. The molecule has 3 aromatic rings. The predicted octanol–water partition coefficient (Wildman–Crippen LogP) is 5.41. The zero-order valence-electron chi connectivity index (χ0n) is 15.6. The van der Waals surface area contributed by atoms with E-state index in [0.29, 0.717) is 17.9 Å². The van der Waals surface area contributed by atoms with Gasteiger partial charge < -0.3 is 4.90 Å². The van der Waals surface area contributed by atoms with Gasteiger partial charge >= 0.3 is 0 Å². The van der Waals surface area contributed by atoms with Gasteiger partial charge in [0.2, 0.25) is 5.91 Å². The van der Waals surface area contributed by atoms with Gasteiger partial charge in [0, 0.05) is 11.4 Å². The van der Waals surface area contributed by atoms with E-state index < -0.39 is 0 Å². The van der Waals surface area contributed by atoms with Crippen LogP contribution in [0.25, 0.3) is 10.8 Å². The van der Waals surface area contributed by atoms with E-state index in [2.05, 4.69) is 36.4 Å². The second-order valence-electron chi connectivity index (χ2n) is 6.39. The van der Waals surface area contributed by atoms with Crippen LogP contribution in [0, 0.1) is 11.3 Å². The molecule has 0 saturated heterocycles. The standard InChI is InChI=1S/C23H22N2OS/c1-3-25(17(2)19-10-8-18(15-24)9-11-19)23(26)16-27-22-13-12-20-6-4-5-7-21(20)14-22/h4-14,17H,3,16H2,1-2H3. The monoisotopic (exact) mass is 374 g/mol. The van der Waals surface area contributed by atoms with Crippen LogP contribution < -0.4 is 0 Å². The van der Waals surface area contributed by atoms with Gasteiger partial charge in [-0.25, -0.2) is 0 Å². The summed E-state index contributed by atoms with van der Waals surface area (Å²) < 4.78 is 0. The molecule has 136 valence electrons. The molecule has 3 rings (SSSR count). The molecule has 0 N–H and O–H groups in total. The molecule has 0 aliphatic heterocycles. The Kier molecular flexibility index (Phi) is 6.16. The number of thioether (sulfide) groups is 1. The Hall–Kier alpha value is -2.77. The normalized spacial score (nSPS) is 11.7. The molecular weight excluding hydrogens is 352 g/mol. The topological polar surface area (TPSA) is 44.1 Å². The third kappa shape index (κ3) is 4.50. The Morgan fingerprint density at radius 2 is 1.78 bits per heavy atom. The fourth-order valence-corrected chi connectivity index (χ4v) is 4.00. The number of hydrogen-bond donors (Lipinski definition) is 0. The van der Waals surface area contributed by atoms with Crippen molar-refractivity contribution in [3.05, 3.63) is 77.9 Å². The van der Waals surface area contributed by atoms with Crippen LogP contribution in [0.5, 0.6) is 0 Å². The number of nitrogens with zero attached hydrogens (tertiary/aromatic N) is 2. The van der Waals surface area contributed by atoms with Crippen LogP contribution in [-0.4, -0.2) is 23.1 Å². The number of benzene rings is 3. The average molecular weight is 375 g/mol. The quantitative estimate of drug-likeness (QED) is 0.542. The minimum Gasteiger partial charge on any atom is -0.335 e. The summed E-state index contributed by atoms with van der Waals surface area (Å²) in [5.74, 6) is 0.528. The lowest BCUT2D eigenvalue weighted by Gasteiger charge is -2.28. The first-order chi connectivity index (χ1) is 13.1. The van der Waals surface area contributed by atoms with Gasteiger partial charge in [-0.2, -0.15) is 5.26 Å². The molecule has 0 saturated carbocycles. The largest absolute Gasteiger partial charge is 0.335 e. The molecule has 0 radical (unpaired) electrons. The molecule has 1 atom stereocenters. The number of fused-ring (bicyclic) bond motifs is 1. The highest BCUT2D eigenvalue weighted by Crippen LogP contribution is 2.26. The third-order valence-corrected chi connectivity index (χ3v) is 5.71. The number of carbonyl (C=O) groups is 1. The fourth-order valence-electron chi connectivity index (χ4n) is 3.17. The summed E-state index contributed by atoms with van der Waals surface area (Å²) >= 11 is 1.57. The van der Waals surface area contributed by atoms with Crippen LogP contribution in [0.2, 0.25) is 0 Å². The number of rotatable bonds is 6. The molecule has 0 bridgehead atoms. The van der Waals surface area contributed by atoms with Crippen molar-refractivity contribution in [2.75, 3.05) is 12.3 Å². The van der Waals surface area contributed by atoms with Crippen molar-refractivity contribution < 1.29 is 4.79 Å². The van der Waals surface area contributed by atoms with Crippen molar-refractivity contribution in [2.45, 2.75) is 24.8 Å². The van der Waals surface area contributed by atoms with Crippen molar-refractivity contribution in [3.63, 3.8) is 0 Å². The van der Waals surface area contributed by atoms with Crippen molar-refractivity contribution in [1.29, 1.82) is 5.26 Å². The van der Waals surface area contributed by atoms with Gasteiger partial charge in [0.05, 0.1) is 23.4 Å². The fraction of sp³-hybridized carbons (Fsp3) is 0.217. The maximum atomic E-state index is 12.8. The minimum absolute atomic E-state index is 0.0209. The highest BCUT2D eigenvalue weighted by atomic mass is 32.2. The maximum Gasteiger partial charge on any atom is 0.233 e. The van der Waals surface area contributed by atoms with E-state index in [9.17, 15) is 4.79 Å². The summed E-state index contributed by atoms with van der Waals surface area (Å²) in [6.45, 7) is 4.68. The van der Waals surface area contributed by atoms with Gasteiger partial charge in [-0.15, -0.1) is 11.8 Å². The number of hydrogen-bond acceptors (Lipinski definition) is 3. The first-order valence-corrected chi connectivity index (χ1v) is 10.0. The Morgan fingerprint density at radius 3 is 2.44 bits per heavy atom. The van der Waals surface area contributed by atoms with E-state index >= 15 is 0 Å². The first kappa shape index (κ1) is 19.0. The molecule has 1 unspecified atom stereocenters. The summed E-state index contributed by atoms with van der Waals surface area (Å²) in [5, 5.41) is 11.3. The van der Waals surface area contributed by atoms with Gasteiger partial charge in [0.25, 0.3) is 0 Å². The van der Waals surface area contributed by atoms with Crippen molar-refractivity contribution in [3.8, 4) is 6.07 Å². The molecule has 0 aliphatic carbocycles. The van der Waals surface area contributed by atoms with Gasteiger partial charge in [-0.05, 0) is 54.4 Å². The Bertz CT molecular complexity index is 976. The maximum absolute atomic E-state index is 12.8. The highest BCUT2D eigenvalue weighted by molar-refractivity contribution is 8.00. The van der Waals surface area contributed by atoms with Crippen molar-refractivity contribution in [1.82, 2.24) is 4.90 Å². The van der Waals surface area contributed by atoms with Crippen molar-refractivity contribution in [2.24, 2.45) is 0 Å². The van der Waals surface area contributed by atoms with Gasteiger partial charge in [0.1, 0.15) is 0 Å². The molecule has 0 fully saturated rings. The van der Waals surface area contributed by atoms with Crippen LogP contribution in [-0.2, 0) is 4.79 Å². The van der Waals surface area contributed by atoms with E-state index in [1.807, 2.05) is 43.0 Å². The SMILES string of the molecule is CCN(C(=O)CSc1ccc2ccccc2c1)C(C)c1ccc(C#N)cc1. The molecule has 0 spiro atoms. The Balaban J connectivity index is 1.67.